The second kappa shape index (κ2) is 6.74. The van der Waals surface area contributed by atoms with Crippen molar-refractivity contribution >= 4 is 11.8 Å². The Morgan fingerprint density at radius 1 is 1.44 bits per heavy atom. The van der Waals surface area contributed by atoms with Gasteiger partial charge in [0.1, 0.15) is 0 Å². The summed E-state index contributed by atoms with van der Waals surface area (Å²) in [6, 6.07) is 3.72. The lowest BCUT2D eigenvalue weighted by atomic mass is 10.3. The minimum absolute atomic E-state index is 0.0200. The summed E-state index contributed by atoms with van der Waals surface area (Å²) in [7, 11) is 0. The van der Waals surface area contributed by atoms with Crippen molar-refractivity contribution in [3.8, 4) is 0 Å². The first kappa shape index (κ1) is 14.2. The number of carbonyl (C=O) groups excluding carboxylic acids is 2. The van der Waals surface area contributed by atoms with Gasteiger partial charge in [-0.25, -0.2) is 0 Å². The predicted molar refractivity (Wildman–Crippen MR) is 68.6 cm³/mol. The fourth-order valence-corrected chi connectivity index (χ4v) is 1.57. The molecule has 0 aliphatic rings. The van der Waals surface area contributed by atoms with Gasteiger partial charge in [-0.1, -0.05) is 6.07 Å². The molecule has 5 heteroatoms. The van der Waals surface area contributed by atoms with Crippen LogP contribution >= 0.6 is 0 Å². The number of amides is 2. The van der Waals surface area contributed by atoms with Crippen LogP contribution in [0.4, 0.5) is 0 Å². The van der Waals surface area contributed by atoms with Crippen molar-refractivity contribution in [3.05, 3.63) is 30.1 Å². The summed E-state index contributed by atoms with van der Waals surface area (Å²) in [5, 5.41) is 2.77. The molecule has 0 fully saturated rings. The summed E-state index contributed by atoms with van der Waals surface area (Å²) >= 11 is 0. The van der Waals surface area contributed by atoms with Gasteiger partial charge in [0.2, 0.25) is 11.8 Å². The van der Waals surface area contributed by atoms with Crippen molar-refractivity contribution in [1.29, 1.82) is 0 Å². The summed E-state index contributed by atoms with van der Waals surface area (Å²) in [6.07, 6.45) is 3.38. The van der Waals surface area contributed by atoms with Crippen LogP contribution in [0.3, 0.4) is 0 Å². The van der Waals surface area contributed by atoms with Crippen LogP contribution in [0, 0.1) is 0 Å². The molecule has 1 aromatic rings. The minimum Gasteiger partial charge on any atom is -0.350 e. The molecule has 98 valence electrons. The Morgan fingerprint density at radius 2 is 2.17 bits per heavy atom. The number of aromatic nitrogens is 1. The second-order valence-electron chi connectivity index (χ2n) is 4.38. The predicted octanol–water partition coefficient (Wildman–Crippen LogP) is 0.955. The molecule has 0 aromatic carbocycles. The fraction of sp³-hybridized carbons (Fsp3) is 0.462. The minimum atomic E-state index is -0.164. The van der Waals surface area contributed by atoms with E-state index in [1.54, 1.807) is 12.4 Å². The second-order valence-corrected chi connectivity index (χ2v) is 4.38. The smallest absolute Gasteiger partial charge is 0.239 e. The Kier molecular flexibility index (Phi) is 5.30. The summed E-state index contributed by atoms with van der Waals surface area (Å²) < 4.78 is 0. The zero-order valence-electron chi connectivity index (χ0n) is 11.0. The van der Waals surface area contributed by atoms with Gasteiger partial charge < -0.3 is 10.2 Å². The van der Waals surface area contributed by atoms with Gasteiger partial charge in [0.05, 0.1) is 6.54 Å². The molecule has 0 saturated carbocycles. The third-order valence-electron chi connectivity index (χ3n) is 2.55. The average Bonchev–Trinajstić information content (AvgIpc) is 2.34. The van der Waals surface area contributed by atoms with Crippen molar-refractivity contribution in [3.63, 3.8) is 0 Å². The van der Waals surface area contributed by atoms with E-state index >= 15 is 0 Å². The molecule has 0 radical (unpaired) electrons. The van der Waals surface area contributed by atoms with Gasteiger partial charge in [-0.05, 0) is 25.5 Å². The summed E-state index contributed by atoms with van der Waals surface area (Å²) in [5.41, 5.74) is 0.935. The quantitative estimate of drug-likeness (QED) is 0.845. The lowest BCUT2D eigenvalue weighted by Gasteiger charge is -2.24. The molecular weight excluding hydrogens is 230 g/mol. The van der Waals surface area contributed by atoms with E-state index in [2.05, 4.69) is 10.3 Å². The zero-order valence-corrected chi connectivity index (χ0v) is 11.0. The first-order valence-corrected chi connectivity index (χ1v) is 5.93. The maximum atomic E-state index is 11.7. The molecule has 0 aliphatic carbocycles. The Balaban J connectivity index is 2.44. The first-order valence-electron chi connectivity index (χ1n) is 5.93. The molecular formula is C13H19N3O2. The van der Waals surface area contributed by atoms with Crippen molar-refractivity contribution in [2.24, 2.45) is 0 Å². The van der Waals surface area contributed by atoms with Gasteiger partial charge in [0.15, 0.2) is 0 Å². The number of hydrogen-bond acceptors (Lipinski definition) is 3. The summed E-state index contributed by atoms with van der Waals surface area (Å²) in [5.74, 6) is -0.260. The first-order chi connectivity index (χ1) is 8.50. The largest absolute Gasteiger partial charge is 0.350 e. The van der Waals surface area contributed by atoms with Crippen LogP contribution in [-0.2, 0) is 16.1 Å². The van der Waals surface area contributed by atoms with Crippen molar-refractivity contribution in [1.82, 2.24) is 15.2 Å². The van der Waals surface area contributed by atoms with Gasteiger partial charge in [-0.2, -0.15) is 0 Å². The summed E-state index contributed by atoms with van der Waals surface area (Å²) in [4.78, 5) is 28.5. The fourth-order valence-electron chi connectivity index (χ4n) is 1.57. The molecule has 1 heterocycles. The molecule has 0 spiro atoms. The molecule has 1 rings (SSSR count). The Hall–Kier alpha value is -1.91. The number of hydrogen-bond donors (Lipinski definition) is 1. The van der Waals surface area contributed by atoms with E-state index in [0.717, 1.165) is 5.56 Å². The molecule has 0 unspecified atom stereocenters. The van der Waals surface area contributed by atoms with Crippen LogP contribution in [0.5, 0.6) is 0 Å². The van der Waals surface area contributed by atoms with E-state index in [9.17, 15) is 9.59 Å². The Morgan fingerprint density at radius 3 is 2.67 bits per heavy atom. The lowest BCUT2D eigenvalue weighted by molar-refractivity contribution is -0.136. The monoisotopic (exact) mass is 249 g/mol. The van der Waals surface area contributed by atoms with Crippen LogP contribution in [0.25, 0.3) is 0 Å². The topological polar surface area (TPSA) is 62.3 Å². The number of nitrogens with zero attached hydrogens (tertiary/aromatic N) is 2. The van der Waals surface area contributed by atoms with E-state index in [1.165, 1.54) is 11.8 Å². The van der Waals surface area contributed by atoms with Gasteiger partial charge >= 0.3 is 0 Å². The highest BCUT2D eigenvalue weighted by molar-refractivity contribution is 5.83. The van der Waals surface area contributed by atoms with Crippen LogP contribution in [0.15, 0.2) is 24.5 Å². The lowest BCUT2D eigenvalue weighted by Crippen LogP contribution is -2.43. The van der Waals surface area contributed by atoms with E-state index in [0.29, 0.717) is 6.54 Å². The molecule has 0 aliphatic heterocycles. The van der Waals surface area contributed by atoms with E-state index in [1.807, 2.05) is 26.0 Å². The Labute approximate surface area is 107 Å². The van der Waals surface area contributed by atoms with Gasteiger partial charge in [-0.3, -0.25) is 14.6 Å². The van der Waals surface area contributed by atoms with Crippen LogP contribution in [0.1, 0.15) is 26.3 Å². The van der Waals surface area contributed by atoms with Gasteiger partial charge in [0, 0.05) is 31.9 Å². The molecule has 0 saturated heterocycles. The van der Waals surface area contributed by atoms with Crippen LogP contribution in [0.2, 0.25) is 0 Å². The number of carbonyl (C=O) groups is 2. The Bertz CT molecular complexity index is 404. The van der Waals surface area contributed by atoms with Crippen LogP contribution in [-0.4, -0.2) is 34.3 Å². The zero-order chi connectivity index (χ0) is 13.5. The molecule has 1 N–H and O–H groups in total. The third kappa shape index (κ3) is 4.53. The maximum absolute atomic E-state index is 11.7. The highest BCUT2D eigenvalue weighted by Gasteiger charge is 2.16. The van der Waals surface area contributed by atoms with E-state index in [-0.39, 0.29) is 24.4 Å². The van der Waals surface area contributed by atoms with Gasteiger partial charge in [0.25, 0.3) is 0 Å². The van der Waals surface area contributed by atoms with Crippen molar-refractivity contribution in [2.75, 3.05) is 6.54 Å². The maximum Gasteiger partial charge on any atom is 0.239 e. The third-order valence-corrected chi connectivity index (χ3v) is 2.55. The highest BCUT2D eigenvalue weighted by Crippen LogP contribution is 1.99. The molecule has 0 bridgehead atoms. The standard InChI is InChI=1S/C13H19N3O2/c1-10(2)16(11(3)17)9-13(18)15-8-12-5-4-6-14-7-12/h4-7,10H,8-9H2,1-3H3,(H,15,18). The normalized spacial score (nSPS) is 10.2. The molecule has 2 amide bonds. The number of nitrogens with one attached hydrogen (secondary N) is 1. The molecule has 5 nitrogen and oxygen atoms in total. The SMILES string of the molecule is CC(=O)N(CC(=O)NCc1cccnc1)C(C)C. The number of pyridine rings is 1. The van der Waals surface area contributed by atoms with E-state index in [4.69, 9.17) is 0 Å². The van der Waals surface area contributed by atoms with Crippen LogP contribution < -0.4 is 5.32 Å². The average molecular weight is 249 g/mol. The number of rotatable bonds is 5. The highest BCUT2D eigenvalue weighted by atomic mass is 16.2. The molecule has 1 aromatic heterocycles. The van der Waals surface area contributed by atoms with Crippen molar-refractivity contribution < 1.29 is 9.59 Å². The van der Waals surface area contributed by atoms with Crippen molar-refractivity contribution in [2.45, 2.75) is 33.4 Å². The summed E-state index contributed by atoms with van der Waals surface area (Å²) in [6.45, 7) is 5.75. The molecule has 0 atom stereocenters. The van der Waals surface area contributed by atoms with Gasteiger partial charge in [-0.15, -0.1) is 0 Å². The van der Waals surface area contributed by atoms with E-state index < -0.39 is 0 Å². The molecule has 18 heavy (non-hydrogen) atoms.